The second-order valence-electron chi connectivity index (χ2n) is 5.47. The lowest BCUT2D eigenvalue weighted by Gasteiger charge is -2.25. The topological polar surface area (TPSA) is 69.6 Å². The number of aliphatic hydroxyl groups is 1. The fraction of sp³-hybridized carbons (Fsp3) is 0.600. The van der Waals surface area contributed by atoms with Crippen LogP contribution in [-0.4, -0.2) is 37.0 Å². The van der Waals surface area contributed by atoms with Gasteiger partial charge in [-0.2, -0.15) is 17.4 Å². The van der Waals surface area contributed by atoms with Crippen LogP contribution in [0.3, 0.4) is 0 Å². The van der Waals surface area contributed by atoms with Crippen molar-refractivity contribution >= 4 is 10.2 Å². The second kappa shape index (κ2) is 6.87. The second-order valence-corrected chi connectivity index (χ2v) is 7.17. The van der Waals surface area contributed by atoms with Crippen molar-refractivity contribution in [1.82, 2.24) is 9.03 Å². The van der Waals surface area contributed by atoms with Gasteiger partial charge >= 0.3 is 0 Å². The minimum atomic E-state index is -3.58. The van der Waals surface area contributed by atoms with Gasteiger partial charge in [-0.3, -0.25) is 0 Å². The fourth-order valence-corrected chi connectivity index (χ4v) is 4.40. The van der Waals surface area contributed by atoms with Gasteiger partial charge in [0.05, 0.1) is 12.1 Å². The van der Waals surface area contributed by atoms with Crippen LogP contribution in [0, 0.1) is 0 Å². The Labute approximate surface area is 127 Å². The standard InChI is InChI=1S/C15H24N2O3S/c1-3-9-17(10-4-2)21(19,20)16-15-13-8-6-5-7-12(13)11-14(15)18/h5-8,14-16,18H,3-4,9-11H2,1-2H3/t14-,15+/m0/s1. The predicted octanol–water partition coefficient (Wildman–Crippen LogP) is 1.60. The Bertz CT molecular complexity index is 568. The molecule has 2 rings (SSSR count). The molecule has 0 aliphatic heterocycles. The molecule has 118 valence electrons. The molecule has 6 heteroatoms. The average Bonchev–Trinajstić information content (AvgIpc) is 2.75. The third-order valence-electron chi connectivity index (χ3n) is 3.77. The van der Waals surface area contributed by atoms with Crippen LogP contribution in [0.5, 0.6) is 0 Å². The Balaban J connectivity index is 2.20. The molecule has 2 atom stereocenters. The fourth-order valence-electron chi connectivity index (χ4n) is 2.80. The van der Waals surface area contributed by atoms with Crippen LogP contribution < -0.4 is 4.72 Å². The van der Waals surface area contributed by atoms with Crippen molar-refractivity contribution in [2.24, 2.45) is 0 Å². The summed E-state index contributed by atoms with van der Waals surface area (Å²) in [5.74, 6) is 0. The highest BCUT2D eigenvalue weighted by Gasteiger charge is 2.35. The molecule has 0 bridgehead atoms. The van der Waals surface area contributed by atoms with E-state index in [0.717, 1.165) is 24.0 Å². The van der Waals surface area contributed by atoms with E-state index in [0.29, 0.717) is 19.5 Å². The van der Waals surface area contributed by atoms with Gasteiger partial charge in [0.1, 0.15) is 0 Å². The highest BCUT2D eigenvalue weighted by Crippen LogP contribution is 2.32. The third kappa shape index (κ3) is 3.63. The molecular weight excluding hydrogens is 288 g/mol. The first kappa shape index (κ1) is 16.4. The van der Waals surface area contributed by atoms with E-state index in [9.17, 15) is 13.5 Å². The van der Waals surface area contributed by atoms with Crippen molar-refractivity contribution in [1.29, 1.82) is 0 Å². The molecule has 0 heterocycles. The SMILES string of the molecule is CCCN(CCC)S(=O)(=O)N[C@@H]1c2ccccc2C[C@@H]1O. The van der Waals surface area contributed by atoms with E-state index in [1.54, 1.807) is 0 Å². The molecule has 0 saturated heterocycles. The number of aliphatic hydroxyl groups excluding tert-OH is 1. The number of fused-ring (bicyclic) bond motifs is 1. The molecule has 21 heavy (non-hydrogen) atoms. The predicted molar refractivity (Wildman–Crippen MR) is 83.1 cm³/mol. The van der Waals surface area contributed by atoms with E-state index in [1.165, 1.54) is 4.31 Å². The molecule has 1 aliphatic rings. The molecule has 1 aliphatic carbocycles. The van der Waals surface area contributed by atoms with E-state index >= 15 is 0 Å². The van der Waals surface area contributed by atoms with Crippen LogP contribution in [0.4, 0.5) is 0 Å². The summed E-state index contributed by atoms with van der Waals surface area (Å²) >= 11 is 0. The number of benzene rings is 1. The summed E-state index contributed by atoms with van der Waals surface area (Å²) < 4.78 is 29.2. The van der Waals surface area contributed by atoms with Gasteiger partial charge in [0.2, 0.25) is 0 Å². The van der Waals surface area contributed by atoms with Gasteiger partial charge in [0.15, 0.2) is 0 Å². The summed E-state index contributed by atoms with van der Waals surface area (Å²) in [6, 6.07) is 7.03. The molecule has 2 N–H and O–H groups in total. The van der Waals surface area contributed by atoms with E-state index < -0.39 is 22.4 Å². The zero-order valence-electron chi connectivity index (χ0n) is 12.6. The van der Waals surface area contributed by atoms with Crippen LogP contribution in [-0.2, 0) is 16.6 Å². The average molecular weight is 312 g/mol. The molecule has 1 aromatic carbocycles. The first-order valence-corrected chi connectivity index (χ1v) is 8.96. The Morgan fingerprint density at radius 1 is 1.24 bits per heavy atom. The molecule has 5 nitrogen and oxygen atoms in total. The zero-order chi connectivity index (χ0) is 15.5. The van der Waals surface area contributed by atoms with Crippen molar-refractivity contribution in [3.63, 3.8) is 0 Å². The van der Waals surface area contributed by atoms with E-state index in [2.05, 4.69) is 4.72 Å². The van der Waals surface area contributed by atoms with Gasteiger partial charge in [0, 0.05) is 19.5 Å². The van der Waals surface area contributed by atoms with Gasteiger partial charge in [-0.15, -0.1) is 0 Å². The van der Waals surface area contributed by atoms with Gasteiger partial charge in [-0.05, 0) is 24.0 Å². The third-order valence-corrected chi connectivity index (χ3v) is 5.36. The molecule has 0 unspecified atom stereocenters. The molecule has 0 amide bonds. The zero-order valence-corrected chi connectivity index (χ0v) is 13.4. The normalized spacial score (nSPS) is 21.7. The van der Waals surface area contributed by atoms with Crippen molar-refractivity contribution < 1.29 is 13.5 Å². The summed E-state index contributed by atoms with van der Waals surface area (Å²) in [7, 11) is -3.58. The number of rotatable bonds is 7. The molecular formula is C15H24N2O3S. The summed E-state index contributed by atoms with van der Waals surface area (Å²) in [6.07, 6.45) is 1.32. The van der Waals surface area contributed by atoms with Crippen LogP contribution in [0.15, 0.2) is 24.3 Å². The molecule has 0 spiro atoms. The van der Waals surface area contributed by atoms with Crippen LogP contribution in [0.1, 0.15) is 43.9 Å². The highest BCUT2D eigenvalue weighted by atomic mass is 32.2. The van der Waals surface area contributed by atoms with E-state index in [4.69, 9.17) is 0 Å². The summed E-state index contributed by atoms with van der Waals surface area (Å²) in [5.41, 5.74) is 1.89. The number of nitrogens with zero attached hydrogens (tertiary/aromatic N) is 1. The van der Waals surface area contributed by atoms with Crippen LogP contribution >= 0.6 is 0 Å². The summed E-state index contributed by atoms with van der Waals surface area (Å²) in [4.78, 5) is 0. The Kier molecular flexibility index (Phi) is 5.37. The summed E-state index contributed by atoms with van der Waals surface area (Å²) in [5, 5.41) is 10.2. The minimum Gasteiger partial charge on any atom is -0.391 e. The van der Waals surface area contributed by atoms with Crippen LogP contribution in [0.2, 0.25) is 0 Å². The van der Waals surface area contributed by atoms with Crippen molar-refractivity contribution in [3.8, 4) is 0 Å². The molecule has 1 aromatic rings. The molecule has 0 aromatic heterocycles. The Hall–Kier alpha value is -0.950. The van der Waals surface area contributed by atoms with Crippen molar-refractivity contribution in [2.45, 2.75) is 45.3 Å². The highest BCUT2D eigenvalue weighted by molar-refractivity contribution is 7.87. The van der Waals surface area contributed by atoms with Gasteiger partial charge < -0.3 is 5.11 Å². The number of nitrogens with one attached hydrogen (secondary N) is 1. The summed E-state index contributed by atoms with van der Waals surface area (Å²) in [6.45, 7) is 4.90. The minimum absolute atomic E-state index is 0.491. The number of hydrogen-bond acceptors (Lipinski definition) is 3. The largest absolute Gasteiger partial charge is 0.391 e. The first-order chi connectivity index (χ1) is 9.99. The first-order valence-electron chi connectivity index (χ1n) is 7.52. The maximum atomic E-state index is 12.5. The maximum Gasteiger partial charge on any atom is 0.280 e. The quantitative estimate of drug-likeness (QED) is 0.803. The monoisotopic (exact) mass is 312 g/mol. The molecule has 0 saturated carbocycles. The maximum absolute atomic E-state index is 12.5. The van der Waals surface area contributed by atoms with Gasteiger partial charge in [-0.1, -0.05) is 38.1 Å². The Morgan fingerprint density at radius 3 is 2.48 bits per heavy atom. The van der Waals surface area contributed by atoms with Gasteiger partial charge in [-0.25, -0.2) is 0 Å². The molecule has 0 radical (unpaired) electrons. The van der Waals surface area contributed by atoms with Crippen LogP contribution in [0.25, 0.3) is 0 Å². The van der Waals surface area contributed by atoms with E-state index in [-0.39, 0.29) is 0 Å². The lowest BCUT2D eigenvalue weighted by atomic mass is 10.1. The number of hydrogen-bond donors (Lipinski definition) is 2. The smallest absolute Gasteiger partial charge is 0.280 e. The van der Waals surface area contributed by atoms with E-state index in [1.807, 2.05) is 38.1 Å². The van der Waals surface area contributed by atoms with Gasteiger partial charge in [0.25, 0.3) is 10.2 Å². The van der Waals surface area contributed by atoms with Crippen molar-refractivity contribution in [3.05, 3.63) is 35.4 Å². The lowest BCUT2D eigenvalue weighted by Crippen LogP contribution is -2.45. The van der Waals surface area contributed by atoms with Crippen molar-refractivity contribution in [2.75, 3.05) is 13.1 Å². The molecule has 0 fully saturated rings. The lowest BCUT2D eigenvalue weighted by molar-refractivity contribution is 0.150. The Morgan fingerprint density at radius 2 is 1.86 bits per heavy atom.